The number of rotatable bonds is 6. The number of hydrogen-bond acceptors (Lipinski definition) is 4. The largest absolute Gasteiger partial charge is 0.361 e. The molecular formula is C18H18N5O3+. The van der Waals surface area contributed by atoms with Crippen molar-refractivity contribution in [3.63, 3.8) is 0 Å². The predicted molar refractivity (Wildman–Crippen MR) is 92.2 cm³/mol. The SMILES string of the molecule is C=C([NH3+])[C@H](C#N)C(=O)CN1C(=O)N[C@@H](Cc2c[nH]c3ccccc23)C1=O. The molecule has 132 valence electrons. The summed E-state index contributed by atoms with van der Waals surface area (Å²) in [5, 5.41) is 12.6. The van der Waals surface area contributed by atoms with E-state index in [0.29, 0.717) is 6.42 Å². The van der Waals surface area contributed by atoms with Crippen LogP contribution in [0.4, 0.5) is 4.79 Å². The van der Waals surface area contributed by atoms with E-state index in [1.165, 1.54) is 0 Å². The molecule has 1 aliphatic rings. The van der Waals surface area contributed by atoms with Gasteiger partial charge in [-0.15, -0.1) is 0 Å². The normalized spacial score (nSPS) is 17.8. The van der Waals surface area contributed by atoms with Crippen LogP contribution in [0.5, 0.6) is 0 Å². The molecule has 3 rings (SSSR count). The van der Waals surface area contributed by atoms with Crippen molar-refractivity contribution in [2.24, 2.45) is 5.92 Å². The first kappa shape index (κ1) is 17.4. The first-order valence-corrected chi connectivity index (χ1v) is 8.02. The van der Waals surface area contributed by atoms with Crippen LogP contribution in [0.2, 0.25) is 0 Å². The molecule has 0 spiro atoms. The molecule has 1 fully saturated rings. The van der Waals surface area contributed by atoms with Gasteiger partial charge < -0.3 is 16.0 Å². The highest BCUT2D eigenvalue weighted by Gasteiger charge is 2.40. The Morgan fingerprint density at radius 1 is 1.38 bits per heavy atom. The van der Waals surface area contributed by atoms with Crippen molar-refractivity contribution in [2.75, 3.05) is 6.54 Å². The van der Waals surface area contributed by atoms with Gasteiger partial charge in [-0.25, -0.2) is 4.79 Å². The van der Waals surface area contributed by atoms with E-state index in [2.05, 4.69) is 22.6 Å². The Balaban J connectivity index is 1.74. The smallest absolute Gasteiger partial charge is 0.325 e. The minimum Gasteiger partial charge on any atom is -0.361 e. The maximum Gasteiger partial charge on any atom is 0.325 e. The lowest BCUT2D eigenvalue weighted by Crippen LogP contribution is -2.52. The average molecular weight is 352 g/mol. The number of imide groups is 1. The van der Waals surface area contributed by atoms with Gasteiger partial charge in [0.05, 0.1) is 12.6 Å². The summed E-state index contributed by atoms with van der Waals surface area (Å²) in [6, 6.07) is 8.05. The number of nitrogens with zero attached hydrogens (tertiary/aromatic N) is 2. The van der Waals surface area contributed by atoms with Gasteiger partial charge >= 0.3 is 6.03 Å². The van der Waals surface area contributed by atoms with Gasteiger partial charge in [0, 0.05) is 23.5 Å². The summed E-state index contributed by atoms with van der Waals surface area (Å²) in [4.78, 5) is 40.8. The minimum absolute atomic E-state index is 0.139. The van der Waals surface area contributed by atoms with Crippen molar-refractivity contribution in [1.82, 2.24) is 15.2 Å². The van der Waals surface area contributed by atoms with Crippen molar-refractivity contribution < 1.29 is 20.1 Å². The van der Waals surface area contributed by atoms with Crippen LogP contribution < -0.4 is 11.1 Å². The number of carbonyl (C=O) groups is 3. The van der Waals surface area contributed by atoms with Crippen molar-refractivity contribution in [1.29, 1.82) is 5.26 Å². The monoisotopic (exact) mass is 352 g/mol. The van der Waals surface area contributed by atoms with E-state index in [0.717, 1.165) is 21.4 Å². The number of fused-ring (bicyclic) bond motifs is 1. The number of quaternary nitrogens is 1. The number of aromatic nitrogens is 1. The third-order valence-electron chi connectivity index (χ3n) is 4.38. The number of nitrogens with one attached hydrogen (secondary N) is 2. The number of allylic oxidation sites excluding steroid dienone is 1. The predicted octanol–water partition coefficient (Wildman–Crippen LogP) is 0.0953. The number of aromatic amines is 1. The molecule has 8 nitrogen and oxygen atoms in total. The number of ketones is 1. The number of benzene rings is 1. The standard InChI is InChI=1S/C18H17N5O3/c1-10(20)13(7-19)16(24)9-23-17(25)15(22-18(23)26)6-11-8-21-14-5-3-2-4-12(11)14/h2-5,8,13,15,21H,1,6,9,20H2,(H,22,26)/p+1/t13-,15-/m0/s1. The van der Waals surface area contributed by atoms with Gasteiger partial charge in [0.1, 0.15) is 11.7 Å². The Bertz CT molecular complexity index is 955. The third-order valence-corrected chi connectivity index (χ3v) is 4.38. The molecule has 26 heavy (non-hydrogen) atoms. The Hall–Kier alpha value is -3.44. The second-order valence-corrected chi connectivity index (χ2v) is 6.18. The highest BCUT2D eigenvalue weighted by molar-refractivity contribution is 6.07. The molecule has 0 bridgehead atoms. The molecule has 1 saturated heterocycles. The molecule has 1 aromatic heterocycles. The molecule has 0 aliphatic carbocycles. The Morgan fingerprint density at radius 3 is 2.81 bits per heavy atom. The lowest BCUT2D eigenvalue weighted by molar-refractivity contribution is -0.309. The Labute approximate surface area is 149 Å². The number of H-pyrrole nitrogens is 1. The van der Waals surface area contributed by atoms with Crippen molar-refractivity contribution in [3.8, 4) is 6.07 Å². The molecule has 2 heterocycles. The van der Waals surface area contributed by atoms with E-state index < -0.39 is 36.2 Å². The fraction of sp³-hybridized carbons (Fsp3) is 0.222. The Morgan fingerprint density at radius 2 is 2.12 bits per heavy atom. The molecule has 2 aromatic rings. The number of amides is 3. The van der Waals surface area contributed by atoms with E-state index in [9.17, 15) is 14.4 Å². The van der Waals surface area contributed by atoms with Crippen molar-refractivity contribution in [3.05, 3.63) is 48.3 Å². The van der Waals surface area contributed by atoms with E-state index in [1.54, 1.807) is 12.3 Å². The highest BCUT2D eigenvalue weighted by Crippen LogP contribution is 2.21. The van der Waals surface area contributed by atoms with Crippen LogP contribution in [0.3, 0.4) is 0 Å². The van der Waals surface area contributed by atoms with Gasteiger partial charge in [-0.05, 0) is 18.2 Å². The molecule has 1 aromatic carbocycles. The summed E-state index contributed by atoms with van der Waals surface area (Å²) in [5.74, 6) is -2.20. The van der Waals surface area contributed by atoms with Crippen molar-refractivity contribution in [2.45, 2.75) is 12.5 Å². The maximum absolute atomic E-state index is 12.6. The first-order valence-electron chi connectivity index (χ1n) is 8.02. The summed E-state index contributed by atoms with van der Waals surface area (Å²) in [6.45, 7) is 3.02. The van der Waals surface area contributed by atoms with Gasteiger partial charge in [-0.1, -0.05) is 18.2 Å². The number of carbonyl (C=O) groups excluding carboxylic acids is 3. The van der Waals surface area contributed by atoms with E-state index in [-0.39, 0.29) is 5.70 Å². The maximum atomic E-state index is 12.6. The summed E-state index contributed by atoms with van der Waals surface area (Å²) < 4.78 is 0. The summed E-state index contributed by atoms with van der Waals surface area (Å²) in [5.41, 5.74) is 5.47. The fourth-order valence-electron chi connectivity index (χ4n) is 3.02. The number of para-hydroxylation sites is 1. The molecule has 1 aliphatic heterocycles. The van der Waals surface area contributed by atoms with E-state index >= 15 is 0 Å². The van der Waals surface area contributed by atoms with E-state index in [4.69, 9.17) is 5.26 Å². The van der Waals surface area contributed by atoms with Gasteiger partial charge in [-0.3, -0.25) is 14.5 Å². The van der Waals surface area contributed by atoms with Gasteiger partial charge in [0.25, 0.3) is 5.91 Å². The summed E-state index contributed by atoms with van der Waals surface area (Å²) in [6.07, 6.45) is 2.11. The zero-order valence-electron chi connectivity index (χ0n) is 14.0. The van der Waals surface area contributed by atoms with Crippen LogP contribution >= 0.6 is 0 Å². The van der Waals surface area contributed by atoms with Gasteiger partial charge in [0.15, 0.2) is 11.7 Å². The molecule has 0 unspecified atom stereocenters. The zero-order valence-corrected chi connectivity index (χ0v) is 14.0. The molecule has 3 amide bonds. The van der Waals surface area contributed by atoms with E-state index in [1.807, 2.05) is 24.3 Å². The quantitative estimate of drug-likeness (QED) is 0.635. The highest BCUT2D eigenvalue weighted by atomic mass is 16.2. The van der Waals surface area contributed by atoms with Crippen LogP contribution in [-0.2, 0) is 16.0 Å². The van der Waals surface area contributed by atoms with Crippen molar-refractivity contribution >= 4 is 28.6 Å². The van der Waals surface area contributed by atoms with Crippen LogP contribution in [0, 0.1) is 17.2 Å². The second-order valence-electron chi connectivity index (χ2n) is 6.18. The first-order chi connectivity index (χ1) is 12.4. The number of nitriles is 1. The minimum atomic E-state index is -1.14. The summed E-state index contributed by atoms with van der Waals surface area (Å²) in [7, 11) is 0. The van der Waals surface area contributed by atoms with Crippen LogP contribution in [-0.4, -0.2) is 40.2 Å². The zero-order chi connectivity index (χ0) is 18.8. The summed E-state index contributed by atoms with van der Waals surface area (Å²) >= 11 is 0. The fourth-order valence-corrected chi connectivity index (χ4v) is 3.02. The Kier molecular flexibility index (Phi) is 4.56. The molecule has 5 N–H and O–H groups in total. The molecular weight excluding hydrogens is 334 g/mol. The topological polar surface area (TPSA) is 134 Å². The second kappa shape index (κ2) is 6.82. The third kappa shape index (κ3) is 3.08. The number of hydrogen-bond donors (Lipinski definition) is 3. The molecule has 2 atom stereocenters. The lowest BCUT2D eigenvalue weighted by Gasteiger charge is -2.13. The number of Topliss-reactive ketones (excluding diaryl/α,β-unsaturated/α-hetero) is 1. The van der Waals surface area contributed by atoms with Crippen LogP contribution in [0.15, 0.2) is 42.7 Å². The van der Waals surface area contributed by atoms with Gasteiger partial charge in [0.2, 0.25) is 0 Å². The van der Waals surface area contributed by atoms with Gasteiger partial charge in [-0.2, -0.15) is 5.26 Å². The number of urea groups is 1. The molecule has 8 heteroatoms. The molecule has 0 radical (unpaired) electrons. The lowest BCUT2D eigenvalue weighted by atomic mass is 10.0. The van der Waals surface area contributed by atoms with Crippen LogP contribution in [0.25, 0.3) is 10.9 Å². The molecule has 0 saturated carbocycles. The average Bonchev–Trinajstić information content (AvgIpc) is 3.12. The van der Waals surface area contributed by atoms with Crippen LogP contribution in [0.1, 0.15) is 5.56 Å².